The number of aliphatic hydroxyl groups excluding tert-OH is 1. The maximum atomic E-state index is 9.04. The first kappa shape index (κ1) is 17.3. The quantitative estimate of drug-likeness (QED) is 0.667. The van der Waals surface area contributed by atoms with Crippen LogP contribution in [0, 0.1) is 0 Å². The minimum Gasteiger partial charge on any atom is -0.396 e. The Morgan fingerprint density at radius 1 is 1.12 bits per heavy atom. The Balaban J connectivity index is 1.69. The van der Waals surface area contributed by atoms with Gasteiger partial charge in [0.05, 0.1) is 10.6 Å². The lowest BCUT2D eigenvalue weighted by Crippen LogP contribution is -2.02. The Kier molecular flexibility index (Phi) is 5.11. The molecule has 0 bridgehead atoms. The van der Waals surface area contributed by atoms with E-state index in [-0.39, 0.29) is 6.61 Å². The lowest BCUT2D eigenvalue weighted by atomic mass is 10.1. The number of aliphatic hydroxyl groups is 1. The molecule has 0 aliphatic carbocycles. The molecule has 2 heterocycles. The Hall–Kier alpha value is -2.08. The van der Waals surface area contributed by atoms with E-state index < -0.39 is 0 Å². The number of hydrogen-bond acceptors (Lipinski definition) is 5. The van der Waals surface area contributed by atoms with Crippen molar-refractivity contribution in [2.45, 2.75) is 17.7 Å². The van der Waals surface area contributed by atoms with Gasteiger partial charge >= 0.3 is 0 Å². The van der Waals surface area contributed by atoms with E-state index in [1.165, 1.54) is 0 Å². The van der Waals surface area contributed by atoms with E-state index >= 15 is 0 Å². The number of benzene rings is 2. The number of thioether (sulfide) groups is 1. The summed E-state index contributed by atoms with van der Waals surface area (Å²) in [6.45, 7) is 0.159. The molecule has 1 aliphatic rings. The average molecular weight is 384 g/mol. The Morgan fingerprint density at radius 2 is 1.96 bits per heavy atom. The molecule has 0 radical (unpaired) electrons. The van der Waals surface area contributed by atoms with Crippen LogP contribution in [0.3, 0.4) is 0 Å². The highest BCUT2D eigenvalue weighted by molar-refractivity contribution is 7.99. The molecular formula is C20H18ClN3OS. The molecule has 2 N–H and O–H groups in total. The van der Waals surface area contributed by atoms with Crippen LogP contribution in [0.15, 0.2) is 53.4 Å². The van der Waals surface area contributed by atoms with Crippen LogP contribution < -0.4 is 5.32 Å². The largest absolute Gasteiger partial charge is 0.396 e. The third kappa shape index (κ3) is 3.70. The van der Waals surface area contributed by atoms with Crippen molar-refractivity contribution in [2.75, 3.05) is 17.7 Å². The van der Waals surface area contributed by atoms with Gasteiger partial charge in [-0.25, -0.2) is 9.97 Å². The maximum Gasteiger partial charge on any atom is 0.161 e. The summed E-state index contributed by atoms with van der Waals surface area (Å²) in [6.07, 6.45) is 1.61. The van der Waals surface area contributed by atoms with Crippen molar-refractivity contribution in [1.82, 2.24) is 9.97 Å². The standard InChI is InChI=1S/C20H18ClN3OS/c21-15-3-1-2-14(12-15)19-23-17-9-11-26-18(17)20(24-19)22-16-6-4-13(5-7-16)8-10-25/h1-7,12,25H,8-11H2,(H,22,23,24). The van der Waals surface area contributed by atoms with Gasteiger partial charge in [-0.05, 0) is 36.2 Å². The van der Waals surface area contributed by atoms with Gasteiger partial charge < -0.3 is 10.4 Å². The molecule has 3 aromatic rings. The van der Waals surface area contributed by atoms with Gasteiger partial charge in [-0.3, -0.25) is 0 Å². The number of anilines is 2. The second-order valence-corrected chi connectivity index (χ2v) is 7.62. The first-order chi connectivity index (χ1) is 12.7. The Bertz CT molecular complexity index is 931. The highest BCUT2D eigenvalue weighted by Gasteiger charge is 2.21. The summed E-state index contributed by atoms with van der Waals surface area (Å²) < 4.78 is 0. The molecule has 0 saturated carbocycles. The first-order valence-electron chi connectivity index (χ1n) is 8.49. The molecule has 132 valence electrons. The smallest absolute Gasteiger partial charge is 0.161 e. The van der Waals surface area contributed by atoms with Crippen LogP contribution in [0.2, 0.25) is 5.02 Å². The van der Waals surface area contributed by atoms with Crippen molar-refractivity contribution in [3.63, 3.8) is 0 Å². The van der Waals surface area contributed by atoms with E-state index in [1.807, 2.05) is 48.5 Å². The van der Waals surface area contributed by atoms with Gasteiger partial charge in [-0.15, -0.1) is 11.8 Å². The highest BCUT2D eigenvalue weighted by Crippen LogP contribution is 2.38. The fourth-order valence-electron chi connectivity index (χ4n) is 2.93. The van der Waals surface area contributed by atoms with E-state index in [0.29, 0.717) is 17.3 Å². The third-order valence-electron chi connectivity index (χ3n) is 4.22. The fourth-order valence-corrected chi connectivity index (χ4v) is 4.17. The average Bonchev–Trinajstić information content (AvgIpc) is 3.12. The van der Waals surface area contributed by atoms with Gasteiger partial charge in [0.1, 0.15) is 5.82 Å². The van der Waals surface area contributed by atoms with Gasteiger partial charge in [0.15, 0.2) is 5.82 Å². The molecule has 0 spiro atoms. The van der Waals surface area contributed by atoms with Crippen LogP contribution in [-0.4, -0.2) is 27.4 Å². The number of aryl methyl sites for hydroxylation is 1. The molecule has 4 rings (SSSR count). The number of nitrogens with one attached hydrogen (secondary N) is 1. The molecule has 0 unspecified atom stereocenters. The Labute approximate surface area is 161 Å². The van der Waals surface area contributed by atoms with E-state index in [1.54, 1.807) is 11.8 Å². The molecule has 0 fully saturated rings. The zero-order valence-electron chi connectivity index (χ0n) is 14.1. The predicted octanol–water partition coefficient (Wildman–Crippen LogP) is 4.72. The highest BCUT2D eigenvalue weighted by atomic mass is 35.5. The number of nitrogens with zero attached hydrogens (tertiary/aromatic N) is 2. The predicted molar refractivity (Wildman–Crippen MR) is 107 cm³/mol. The molecular weight excluding hydrogens is 366 g/mol. The zero-order valence-corrected chi connectivity index (χ0v) is 15.6. The summed E-state index contributed by atoms with van der Waals surface area (Å²) >= 11 is 7.91. The number of hydrogen-bond donors (Lipinski definition) is 2. The van der Waals surface area contributed by atoms with E-state index in [0.717, 1.165) is 45.4 Å². The monoisotopic (exact) mass is 383 g/mol. The van der Waals surface area contributed by atoms with E-state index in [4.69, 9.17) is 26.7 Å². The van der Waals surface area contributed by atoms with Gasteiger partial charge in [0.2, 0.25) is 0 Å². The van der Waals surface area contributed by atoms with Crippen molar-refractivity contribution in [3.05, 3.63) is 64.8 Å². The summed E-state index contributed by atoms with van der Waals surface area (Å²) in [4.78, 5) is 10.6. The van der Waals surface area contributed by atoms with Gasteiger partial charge in [0, 0.05) is 35.1 Å². The molecule has 26 heavy (non-hydrogen) atoms. The van der Waals surface area contributed by atoms with Crippen LogP contribution >= 0.6 is 23.4 Å². The molecule has 0 amide bonds. The third-order valence-corrected chi connectivity index (χ3v) is 5.58. The zero-order chi connectivity index (χ0) is 17.9. The van der Waals surface area contributed by atoms with Gasteiger partial charge in [-0.1, -0.05) is 35.9 Å². The molecule has 0 saturated heterocycles. The van der Waals surface area contributed by atoms with Gasteiger partial charge in [0.25, 0.3) is 0 Å². The summed E-state index contributed by atoms with van der Waals surface area (Å²) in [5.74, 6) is 2.54. The van der Waals surface area contributed by atoms with Crippen LogP contribution in [0.4, 0.5) is 11.5 Å². The Morgan fingerprint density at radius 3 is 2.73 bits per heavy atom. The van der Waals surface area contributed by atoms with Gasteiger partial charge in [-0.2, -0.15) is 0 Å². The topological polar surface area (TPSA) is 58.0 Å². The van der Waals surface area contributed by atoms with E-state index in [9.17, 15) is 0 Å². The summed E-state index contributed by atoms with van der Waals surface area (Å²) in [7, 11) is 0. The fraction of sp³-hybridized carbons (Fsp3) is 0.200. The van der Waals surface area contributed by atoms with Crippen LogP contribution in [-0.2, 0) is 12.8 Å². The van der Waals surface area contributed by atoms with Crippen molar-refractivity contribution in [1.29, 1.82) is 0 Å². The summed E-state index contributed by atoms with van der Waals surface area (Å²) in [5, 5.41) is 13.2. The van der Waals surface area contributed by atoms with Crippen LogP contribution in [0.1, 0.15) is 11.3 Å². The second kappa shape index (κ2) is 7.66. The SMILES string of the molecule is OCCc1ccc(Nc2nc(-c3cccc(Cl)c3)nc3c2SCC3)cc1. The second-order valence-electron chi connectivity index (χ2n) is 6.08. The molecule has 4 nitrogen and oxygen atoms in total. The van der Waals surface area contributed by atoms with Crippen molar-refractivity contribution in [2.24, 2.45) is 0 Å². The minimum atomic E-state index is 0.159. The molecule has 1 aromatic heterocycles. The number of rotatable bonds is 5. The lowest BCUT2D eigenvalue weighted by molar-refractivity contribution is 0.299. The first-order valence-corrected chi connectivity index (χ1v) is 9.86. The minimum absolute atomic E-state index is 0.159. The molecule has 0 atom stereocenters. The molecule has 2 aromatic carbocycles. The van der Waals surface area contributed by atoms with Crippen LogP contribution in [0.25, 0.3) is 11.4 Å². The lowest BCUT2D eigenvalue weighted by Gasteiger charge is -2.12. The summed E-state index contributed by atoms with van der Waals surface area (Å²) in [6, 6.07) is 15.7. The number of fused-ring (bicyclic) bond motifs is 1. The maximum absolute atomic E-state index is 9.04. The van der Waals surface area contributed by atoms with Crippen molar-refractivity contribution >= 4 is 34.9 Å². The number of halogens is 1. The van der Waals surface area contributed by atoms with Crippen LogP contribution in [0.5, 0.6) is 0 Å². The van der Waals surface area contributed by atoms with E-state index in [2.05, 4.69) is 5.32 Å². The normalized spacial score (nSPS) is 12.8. The van der Waals surface area contributed by atoms with Crippen molar-refractivity contribution in [3.8, 4) is 11.4 Å². The molecule has 6 heteroatoms. The van der Waals surface area contributed by atoms with Crippen molar-refractivity contribution < 1.29 is 5.11 Å². The molecule has 1 aliphatic heterocycles. The summed E-state index contributed by atoms with van der Waals surface area (Å²) in [5.41, 5.74) is 4.08. The number of aromatic nitrogens is 2.